The highest BCUT2D eigenvalue weighted by Crippen LogP contribution is 2.27. The Balaban J connectivity index is 1.71. The fourth-order valence-electron chi connectivity index (χ4n) is 3.45. The Labute approximate surface area is 159 Å². The van der Waals surface area contributed by atoms with Crippen molar-refractivity contribution in [1.82, 2.24) is 9.88 Å². The number of hydrogen-bond donors (Lipinski definition) is 0. The summed E-state index contributed by atoms with van der Waals surface area (Å²) in [6, 6.07) is 10.1. The molecule has 1 fully saturated rings. The lowest BCUT2D eigenvalue weighted by molar-refractivity contribution is 0.246. The van der Waals surface area contributed by atoms with E-state index >= 15 is 0 Å². The molecular formula is C20H23ClN4O. The van der Waals surface area contributed by atoms with Crippen molar-refractivity contribution in [1.29, 1.82) is 5.26 Å². The molecule has 2 aromatic rings. The van der Waals surface area contributed by atoms with Gasteiger partial charge in [0.25, 0.3) is 0 Å². The number of pyridine rings is 1. The SMILES string of the molecule is COc1ccc(Cl)cc1CN1CCN(c2cc(C)nc(C)c2C#N)CC1. The lowest BCUT2D eigenvalue weighted by Crippen LogP contribution is -2.46. The molecule has 0 atom stereocenters. The molecule has 1 aliphatic rings. The second-order valence-corrected chi connectivity index (χ2v) is 7.01. The second kappa shape index (κ2) is 7.94. The molecule has 0 bridgehead atoms. The highest BCUT2D eigenvalue weighted by Gasteiger charge is 2.21. The average Bonchev–Trinajstić information content (AvgIpc) is 2.62. The van der Waals surface area contributed by atoms with Crippen LogP contribution in [-0.2, 0) is 6.54 Å². The van der Waals surface area contributed by atoms with Crippen molar-refractivity contribution in [3.05, 3.63) is 51.8 Å². The lowest BCUT2D eigenvalue weighted by atomic mass is 10.1. The van der Waals surface area contributed by atoms with Gasteiger partial charge in [-0.2, -0.15) is 5.26 Å². The highest BCUT2D eigenvalue weighted by molar-refractivity contribution is 6.30. The summed E-state index contributed by atoms with van der Waals surface area (Å²) < 4.78 is 5.45. The Morgan fingerprint density at radius 2 is 1.92 bits per heavy atom. The van der Waals surface area contributed by atoms with Gasteiger partial charge in [0.2, 0.25) is 0 Å². The molecule has 0 unspecified atom stereocenters. The zero-order chi connectivity index (χ0) is 18.7. The van der Waals surface area contributed by atoms with Crippen LogP contribution in [0.5, 0.6) is 5.75 Å². The van der Waals surface area contributed by atoms with Crippen LogP contribution in [0.1, 0.15) is 22.5 Å². The number of piperazine rings is 1. The molecule has 0 N–H and O–H groups in total. The smallest absolute Gasteiger partial charge is 0.123 e. The van der Waals surface area contributed by atoms with E-state index in [1.807, 2.05) is 38.1 Å². The fraction of sp³-hybridized carbons (Fsp3) is 0.400. The first-order valence-corrected chi connectivity index (χ1v) is 9.07. The second-order valence-electron chi connectivity index (χ2n) is 6.57. The summed E-state index contributed by atoms with van der Waals surface area (Å²) >= 11 is 6.14. The molecule has 1 aromatic carbocycles. The number of aromatic nitrogens is 1. The maximum atomic E-state index is 9.50. The highest BCUT2D eigenvalue weighted by atomic mass is 35.5. The predicted molar refractivity (Wildman–Crippen MR) is 104 cm³/mol. The van der Waals surface area contributed by atoms with Gasteiger partial charge in [-0.15, -0.1) is 0 Å². The van der Waals surface area contributed by atoms with Crippen LogP contribution in [0.15, 0.2) is 24.3 Å². The Morgan fingerprint density at radius 3 is 2.58 bits per heavy atom. The van der Waals surface area contributed by atoms with Gasteiger partial charge in [0.15, 0.2) is 0 Å². The van der Waals surface area contributed by atoms with Gasteiger partial charge in [-0.25, -0.2) is 0 Å². The summed E-state index contributed by atoms with van der Waals surface area (Å²) in [6.07, 6.45) is 0. The summed E-state index contributed by atoms with van der Waals surface area (Å²) in [5.74, 6) is 0.865. The minimum atomic E-state index is 0.681. The first-order chi connectivity index (χ1) is 12.5. The number of ether oxygens (including phenoxy) is 1. The zero-order valence-corrected chi connectivity index (χ0v) is 16.2. The van der Waals surface area contributed by atoms with E-state index < -0.39 is 0 Å². The van der Waals surface area contributed by atoms with Gasteiger partial charge in [0, 0.05) is 49.0 Å². The van der Waals surface area contributed by atoms with Crippen LogP contribution in [-0.4, -0.2) is 43.2 Å². The number of benzene rings is 1. The van der Waals surface area contributed by atoms with E-state index in [2.05, 4.69) is 20.9 Å². The average molecular weight is 371 g/mol. The van der Waals surface area contributed by atoms with Gasteiger partial charge in [-0.3, -0.25) is 9.88 Å². The Kier molecular flexibility index (Phi) is 5.65. The van der Waals surface area contributed by atoms with Crippen LogP contribution in [0.25, 0.3) is 0 Å². The number of anilines is 1. The number of nitriles is 1. The molecule has 26 heavy (non-hydrogen) atoms. The van der Waals surface area contributed by atoms with Crippen LogP contribution in [0, 0.1) is 25.2 Å². The first kappa shape index (κ1) is 18.5. The minimum Gasteiger partial charge on any atom is -0.496 e. The van der Waals surface area contributed by atoms with Gasteiger partial charge in [-0.05, 0) is 38.1 Å². The van der Waals surface area contributed by atoms with Crippen LogP contribution in [0.2, 0.25) is 5.02 Å². The molecule has 136 valence electrons. The molecule has 0 amide bonds. The minimum absolute atomic E-state index is 0.681. The van der Waals surface area contributed by atoms with Gasteiger partial charge >= 0.3 is 0 Å². The molecule has 5 nitrogen and oxygen atoms in total. The monoisotopic (exact) mass is 370 g/mol. The molecule has 6 heteroatoms. The van der Waals surface area contributed by atoms with Crippen molar-refractivity contribution in [2.45, 2.75) is 20.4 Å². The van der Waals surface area contributed by atoms with Crippen molar-refractivity contribution in [3.63, 3.8) is 0 Å². The van der Waals surface area contributed by atoms with Gasteiger partial charge in [-0.1, -0.05) is 11.6 Å². The molecule has 0 radical (unpaired) electrons. The summed E-state index contributed by atoms with van der Waals surface area (Å²) in [4.78, 5) is 9.08. The van der Waals surface area contributed by atoms with Crippen LogP contribution in [0.3, 0.4) is 0 Å². The topological polar surface area (TPSA) is 52.4 Å². The lowest BCUT2D eigenvalue weighted by Gasteiger charge is -2.36. The van der Waals surface area contributed by atoms with E-state index in [1.165, 1.54) is 0 Å². The van der Waals surface area contributed by atoms with E-state index in [1.54, 1.807) is 7.11 Å². The van der Waals surface area contributed by atoms with Crippen molar-refractivity contribution < 1.29 is 4.74 Å². The summed E-state index contributed by atoms with van der Waals surface area (Å²) in [5.41, 5.74) is 4.52. The van der Waals surface area contributed by atoms with Crippen LogP contribution < -0.4 is 9.64 Å². The van der Waals surface area contributed by atoms with Crippen LogP contribution in [0.4, 0.5) is 5.69 Å². The first-order valence-electron chi connectivity index (χ1n) is 8.70. The zero-order valence-electron chi connectivity index (χ0n) is 15.4. The summed E-state index contributed by atoms with van der Waals surface area (Å²) in [7, 11) is 1.68. The van der Waals surface area contributed by atoms with Gasteiger partial charge in [0.1, 0.15) is 11.8 Å². The predicted octanol–water partition coefficient (Wildman–Crippen LogP) is 3.55. The number of aryl methyl sites for hydroxylation is 2. The largest absolute Gasteiger partial charge is 0.496 e. The number of hydrogen-bond acceptors (Lipinski definition) is 5. The van der Waals surface area contributed by atoms with E-state index in [0.717, 1.165) is 66.1 Å². The Morgan fingerprint density at radius 1 is 1.19 bits per heavy atom. The summed E-state index contributed by atoms with van der Waals surface area (Å²) in [5, 5.41) is 10.2. The number of rotatable bonds is 4. The molecule has 1 saturated heterocycles. The number of nitrogens with zero attached hydrogens (tertiary/aromatic N) is 4. The maximum absolute atomic E-state index is 9.50. The number of methoxy groups -OCH3 is 1. The third-order valence-corrected chi connectivity index (χ3v) is 5.00. The normalized spacial score (nSPS) is 15.0. The molecule has 1 aromatic heterocycles. The molecule has 0 spiro atoms. The summed E-state index contributed by atoms with van der Waals surface area (Å²) in [6.45, 7) is 8.26. The molecule has 1 aliphatic heterocycles. The molecule has 0 aliphatic carbocycles. The van der Waals surface area contributed by atoms with Crippen molar-refractivity contribution in [2.75, 3.05) is 38.2 Å². The molecule has 2 heterocycles. The molecule has 0 saturated carbocycles. The Hall–Kier alpha value is -2.29. The maximum Gasteiger partial charge on any atom is 0.123 e. The van der Waals surface area contributed by atoms with E-state index in [9.17, 15) is 5.26 Å². The van der Waals surface area contributed by atoms with Crippen LogP contribution >= 0.6 is 11.6 Å². The van der Waals surface area contributed by atoms with E-state index in [-0.39, 0.29) is 0 Å². The van der Waals surface area contributed by atoms with E-state index in [0.29, 0.717) is 5.56 Å². The molecule has 3 rings (SSSR count). The van der Waals surface area contributed by atoms with Crippen molar-refractivity contribution in [2.24, 2.45) is 0 Å². The van der Waals surface area contributed by atoms with Gasteiger partial charge < -0.3 is 9.64 Å². The third kappa shape index (κ3) is 3.92. The van der Waals surface area contributed by atoms with Crippen molar-refractivity contribution in [3.8, 4) is 11.8 Å². The molecular weight excluding hydrogens is 348 g/mol. The third-order valence-electron chi connectivity index (χ3n) is 4.77. The fourth-order valence-corrected chi connectivity index (χ4v) is 3.65. The number of halogens is 1. The van der Waals surface area contributed by atoms with Crippen molar-refractivity contribution >= 4 is 17.3 Å². The van der Waals surface area contributed by atoms with Gasteiger partial charge in [0.05, 0.1) is 24.1 Å². The van der Waals surface area contributed by atoms with E-state index in [4.69, 9.17) is 16.3 Å². The standard InChI is InChI=1S/C20H23ClN4O/c1-14-10-19(18(12-22)15(2)23-14)25-8-6-24(7-9-25)13-16-11-17(21)4-5-20(16)26-3/h4-5,10-11H,6-9,13H2,1-3H3. The Bertz CT molecular complexity index is 838. The quantitative estimate of drug-likeness (QED) is 0.823.